The van der Waals surface area contributed by atoms with E-state index in [4.69, 9.17) is 5.73 Å². The molecule has 0 amide bonds. The molecule has 0 radical (unpaired) electrons. The van der Waals surface area contributed by atoms with Crippen LogP contribution in [0.1, 0.15) is 5.56 Å². The van der Waals surface area contributed by atoms with Gasteiger partial charge in [-0.2, -0.15) is 0 Å². The highest BCUT2D eigenvalue weighted by Gasteiger charge is 2.14. The molecule has 0 aliphatic carbocycles. The fourth-order valence-electron chi connectivity index (χ4n) is 1.73. The summed E-state index contributed by atoms with van der Waals surface area (Å²) >= 11 is 0. The molecule has 0 spiro atoms. The highest BCUT2D eigenvalue weighted by molar-refractivity contribution is 5.68. The van der Waals surface area contributed by atoms with Crippen molar-refractivity contribution < 1.29 is 13.7 Å². The lowest BCUT2D eigenvalue weighted by atomic mass is 10.2. The Morgan fingerprint density at radius 3 is 2.60 bits per heavy atom. The molecule has 0 saturated heterocycles. The van der Waals surface area contributed by atoms with Crippen LogP contribution >= 0.6 is 0 Å². The van der Waals surface area contributed by atoms with Gasteiger partial charge in [-0.15, -0.1) is 0 Å². The van der Waals surface area contributed by atoms with E-state index in [0.717, 1.165) is 18.2 Å². The first-order valence-corrected chi connectivity index (χ1v) is 5.65. The number of aryl methyl sites for hydroxylation is 1. The lowest BCUT2D eigenvalue weighted by Gasteiger charge is -2.10. The quantitative estimate of drug-likeness (QED) is 0.512. The first-order chi connectivity index (χ1) is 9.38. The van der Waals surface area contributed by atoms with E-state index in [0.29, 0.717) is 0 Å². The van der Waals surface area contributed by atoms with Crippen LogP contribution in [-0.4, -0.2) is 4.92 Å². The van der Waals surface area contributed by atoms with Crippen LogP contribution in [0.3, 0.4) is 0 Å². The van der Waals surface area contributed by atoms with Gasteiger partial charge in [0.2, 0.25) is 0 Å². The third-order valence-corrected chi connectivity index (χ3v) is 2.70. The number of hydrogen-bond acceptors (Lipinski definition) is 4. The maximum atomic E-state index is 13.8. The van der Waals surface area contributed by atoms with Gasteiger partial charge in [0.15, 0.2) is 5.82 Å². The average molecular weight is 279 g/mol. The molecule has 0 atom stereocenters. The number of non-ortho nitro benzene ring substituents is 1. The molecule has 2 aromatic carbocycles. The normalized spacial score (nSPS) is 10.3. The number of nitro groups is 1. The fraction of sp³-hybridized carbons (Fsp3) is 0.0769. The maximum absolute atomic E-state index is 13.8. The number of anilines is 3. The number of nitrogens with one attached hydrogen (secondary N) is 1. The molecule has 20 heavy (non-hydrogen) atoms. The van der Waals surface area contributed by atoms with Crippen LogP contribution < -0.4 is 11.1 Å². The van der Waals surface area contributed by atoms with Crippen molar-refractivity contribution in [3.05, 3.63) is 57.6 Å². The molecule has 0 fully saturated rings. The summed E-state index contributed by atoms with van der Waals surface area (Å²) < 4.78 is 27.4. The molecule has 2 rings (SSSR count). The Bertz CT molecular complexity index is 690. The van der Waals surface area contributed by atoms with E-state index >= 15 is 0 Å². The Morgan fingerprint density at radius 1 is 1.25 bits per heavy atom. The van der Waals surface area contributed by atoms with Gasteiger partial charge >= 0.3 is 0 Å². The van der Waals surface area contributed by atoms with E-state index in [1.807, 2.05) is 0 Å². The molecule has 3 N–H and O–H groups in total. The topological polar surface area (TPSA) is 81.2 Å². The number of hydrogen-bond donors (Lipinski definition) is 2. The largest absolute Gasteiger partial charge is 0.398 e. The Kier molecular flexibility index (Phi) is 3.51. The smallest absolute Gasteiger partial charge is 0.273 e. The Labute approximate surface area is 113 Å². The van der Waals surface area contributed by atoms with E-state index in [2.05, 4.69) is 5.32 Å². The molecule has 2 aromatic rings. The molecular formula is C13H11F2N3O2. The van der Waals surface area contributed by atoms with Crippen LogP contribution in [0.2, 0.25) is 0 Å². The van der Waals surface area contributed by atoms with Gasteiger partial charge in [0.1, 0.15) is 11.5 Å². The fourth-order valence-corrected chi connectivity index (χ4v) is 1.73. The van der Waals surface area contributed by atoms with Gasteiger partial charge in [-0.05, 0) is 24.6 Å². The van der Waals surface area contributed by atoms with Crippen molar-refractivity contribution in [2.45, 2.75) is 6.92 Å². The van der Waals surface area contributed by atoms with E-state index in [1.54, 1.807) is 0 Å². The summed E-state index contributed by atoms with van der Waals surface area (Å²) in [6.07, 6.45) is 0. The number of nitro benzene ring substituents is 1. The molecule has 104 valence electrons. The third-order valence-electron chi connectivity index (χ3n) is 2.70. The van der Waals surface area contributed by atoms with Crippen molar-refractivity contribution in [3.63, 3.8) is 0 Å². The highest BCUT2D eigenvalue weighted by Crippen LogP contribution is 2.29. The van der Waals surface area contributed by atoms with Crippen molar-refractivity contribution in [2.75, 3.05) is 11.1 Å². The standard InChI is InChI=1S/C13H11F2N3O2/c1-7-2-3-11(14)13(12(7)15)17-9-4-8(16)5-10(6-9)18(19)20/h2-6,17H,16H2,1H3. The Balaban J connectivity index is 2.45. The lowest BCUT2D eigenvalue weighted by Crippen LogP contribution is -2.01. The van der Waals surface area contributed by atoms with Gasteiger partial charge in [0.05, 0.1) is 4.92 Å². The summed E-state index contributed by atoms with van der Waals surface area (Å²) in [5.41, 5.74) is 5.41. The molecule has 0 heterocycles. The minimum atomic E-state index is -0.793. The van der Waals surface area contributed by atoms with Gasteiger partial charge in [0.25, 0.3) is 5.69 Å². The molecule has 7 heteroatoms. The zero-order valence-corrected chi connectivity index (χ0v) is 10.5. The first kappa shape index (κ1) is 13.7. The van der Waals surface area contributed by atoms with Crippen molar-refractivity contribution in [1.29, 1.82) is 0 Å². The van der Waals surface area contributed by atoms with Crippen molar-refractivity contribution in [2.24, 2.45) is 0 Å². The maximum Gasteiger partial charge on any atom is 0.273 e. The van der Waals surface area contributed by atoms with Gasteiger partial charge in [-0.3, -0.25) is 10.1 Å². The second kappa shape index (κ2) is 5.12. The van der Waals surface area contributed by atoms with Gasteiger partial charge in [0, 0.05) is 23.5 Å². The Hall–Kier alpha value is -2.70. The average Bonchev–Trinajstić information content (AvgIpc) is 2.38. The number of nitrogen functional groups attached to an aromatic ring is 1. The van der Waals surface area contributed by atoms with Gasteiger partial charge in [-0.1, -0.05) is 6.07 Å². The second-order valence-electron chi connectivity index (χ2n) is 4.25. The van der Waals surface area contributed by atoms with E-state index in [-0.39, 0.29) is 28.3 Å². The Morgan fingerprint density at radius 2 is 1.95 bits per heavy atom. The predicted octanol–water partition coefficient (Wildman–Crippen LogP) is 3.51. The summed E-state index contributed by atoms with van der Waals surface area (Å²) in [4.78, 5) is 10.1. The number of nitrogens with zero attached hydrogens (tertiary/aromatic N) is 1. The summed E-state index contributed by atoms with van der Waals surface area (Å²) in [7, 11) is 0. The van der Waals surface area contributed by atoms with Crippen LogP contribution in [0.4, 0.5) is 31.5 Å². The minimum absolute atomic E-state index is 0.121. The molecule has 0 aliphatic rings. The monoisotopic (exact) mass is 279 g/mol. The highest BCUT2D eigenvalue weighted by atomic mass is 19.1. The van der Waals surface area contributed by atoms with Gasteiger partial charge < -0.3 is 11.1 Å². The zero-order chi connectivity index (χ0) is 14.9. The summed E-state index contributed by atoms with van der Waals surface area (Å²) in [5.74, 6) is -1.55. The van der Waals surface area contributed by atoms with Crippen molar-refractivity contribution in [3.8, 4) is 0 Å². The van der Waals surface area contributed by atoms with Gasteiger partial charge in [-0.25, -0.2) is 8.78 Å². The van der Waals surface area contributed by atoms with Crippen LogP contribution in [0, 0.1) is 28.7 Å². The van der Waals surface area contributed by atoms with Crippen LogP contribution in [-0.2, 0) is 0 Å². The SMILES string of the molecule is Cc1ccc(F)c(Nc2cc(N)cc([N+](=O)[O-])c2)c1F. The predicted molar refractivity (Wildman–Crippen MR) is 71.9 cm³/mol. The van der Waals surface area contributed by atoms with E-state index in [9.17, 15) is 18.9 Å². The number of halogens is 2. The first-order valence-electron chi connectivity index (χ1n) is 5.65. The third kappa shape index (κ3) is 2.66. The minimum Gasteiger partial charge on any atom is -0.398 e. The summed E-state index contributed by atoms with van der Waals surface area (Å²) in [5, 5.41) is 13.2. The number of benzene rings is 2. The molecule has 5 nitrogen and oxygen atoms in total. The molecule has 0 unspecified atom stereocenters. The summed E-state index contributed by atoms with van der Waals surface area (Å²) in [6, 6.07) is 6.08. The van der Waals surface area contributed by atoms with Crippen LogP contribution in [0.25, 0.3) is 0 Å². The molecular weight excluding hydrogens is 268 g/mol. The zero-order valence-electron chi connectivity index (χ0n) is 10.5. The van der Waals surface area contributed by atoms with E-state index < -0.39 is 16.6 Å². The molecule has 0 aromatic heterocycles. The van der Waals surface area contributed by atoms with E-state index in [1.165, 1.54) is 19.1 Å². The summed E-state index contributed by atoms with van der Waals surface area (Å²) in [6.45, 7) is 1.49. The molecule has 0 bridgehead atoms. The second-order valence-corrected chi connectivity index (χ2v) is 4.25. The van der Waals surface area contributed by atoms with Crippen molar-refractivity contribution >= 4 is 22.7 Å². The molecule has 0 saturated carbocycles. The van der Waals surface area contributed by atoms with Crippen LogP contribution in [0.15, 0.2) is 30.3 Å². The number of rotatable bonds is 3. The molecule has 0 aliphatic heterocycles. The lowest BCUT2D eigenvalue weighted by molar-refractivity contribution is -0.384. The van der Waals surface area contributed by atoms with Crippen LogP contribution in [0.5, 0.6) is 0 Å². The van der Waals surface area contributed by atoms with Crippen molar-refractivity contribution in [1.82, 2.24) is 0 Å². The number of nitrogens with two attached hydrogens (primary N) is 1.